The highest BCUT2D eigenvalue weighted by atomic mass is 16.5. The summed E-state index contributed by atoms with van der Waals surface area (Å²) in [5, 5.41) is 19.1. The summed E-state index contributed by atoms with van der Waals surface area (Å²) in [5.41, 5.74) is 2.37. The maximum Gasteiger partial charge on any atom is 0.272 e. The highest BCUT2D eigenvalue weighted by Gasteiger charge is 2.18. The van der Waals surface area contributed by atoms with Gasteiger partial charge in [-0.1, -0.05) is 11.3 Å². The second kappa shape index (κ2) is 8.74. The van der Waals surface area contributed by atoms with Gasteiger partial charge >= 0.3 is 0 Å². The van der Waals surface area contributed by atoms with Crippen molar-refractivity contribution < 1.29 is 14.3 Å². The molecule has 0 aliphatic carbocycles. The van der Waals surface area contributed by atoms with Gasteiger partial charge < -0.3 is 14.8 Å². The van der Waals surface area contributed by atoms with Crippen molar-refractivity contribution >= 4 is 5.91 Å². The zero-order valence-corrected chi connectivity index (χ0v) is 16.0. The quantitative estimate of drug-likeness (QED) is 0.661. The fourth-order valence-corrected chi connectivity index (χ4v) is 3.00. The van der Waals surface area contributed by atoms with Crippen molar-refractivity contribution in [2.24, 2.45) is 7.05 Å². The SMILES string of the molecule is Cn1nnc(-c2ccccn2)c1COc1ccc(C(=O)NC2CCOCC2)nn1. The largest absolute Gasteiger partial charge is 0.470 e. The molecule has 1 aliphatic heterocycles. The molecule has 1 N–H and O–H groups in total. The van der Waals surface area contributed by atoms with Crippen LogP contribution < -0.4 is 10.1 Å². The maximum atomic E-state index is 12.3. The first kappa shape index (κ1) is 18.9. The Morgan fingerprint density at radius 2 is 2.07 bits per heavy atom. The average molecular weight is 395 g/mol. The van der Waals surface area contributed by atoms with Crippen molar-refractivity contribution in [3.8, 4) is 17.3 Å². The molecule has 3 aromatic rings. The second-order valence-electron chi connectivity index (χ2n) is 6.63. The Balaban J connectivity index is 1.39. The van der Waals surface area contributed by atoms with E-state index in [0.29, 0.717) is 30.5 Å². The molecule has 0 aromatic carbocycles. The van der Waals surface area contributed by atoms with Crippen molar-refractivity contribution in [1.29, 1.82) is 0 Å². The molecular formula is C19H21N7O3. The zero-order valence-electron chi connectivity index (χ0n) is 16.0. The van der Waals surface area contributed by atoms with Crippen molar-refractivity contribution in [2.45, 2.75) is 25.5 Å². The lowest BCUT2D eigenvalue weighted by Crippen LogP contribution is -2.39. The number of hydrogen-bond acceptors (Lipinski definition) is 8. The Labute approximate surface area is 167 Å². The van der Waals surface area contributed by atoms with Gasteiger partial charge in [0.2, 0.25) is 5.88 Å². The molecule has 1 amide bonds. The number of pyridine rings is 1. The van der Waals surface area contributed by atoms with Crippen LogP contribution in [-0.4, -0.2) is 55.3 Å². The first-order chi connectivity index (χ1) is 14.2. The van der Waals surface area contributed by atoms with E-state index >= 15 is 0 Å². The molecule has 4 heterocycles. The molecule has 150 valence electrons. The number of rotatable bonds is 6. The Kier molecular flexibility index (Phi) is 5.71. The topological polar surface area (TPSA) is 117 Å². The maximum absolute atomic E-state index is 12.3. The molecule has 1 fully saturated rings. The Morgan fingerprint density at radius 1 is 1.21 bits per heavy atom. The van der Waals surface area contributed by atoms with Crippen LogP contribution in [0.3, 0.4) is 0 Å². The molecule has 0 bridgehead atoms. The lowest BCUT2D eigenvalue weighted by atomic mass is 10.1. The van der Waals surface area contributed by atoms with Gasteiger partial charge in [-0.25, -0.2) is 4.68 Å². The van der Waals surface area contributed by atoms with Crippen LogP contribution >= 0.6 is 0 Å². The lowest BCUT2D eigenvalue weighted by Gasteiger charge is -2.22. The predicted octanol–water partition coefficient (Wildman–Crippen LogP) is 1.15. The molecule has 0 spiro atoms. The van der Waals surface area contributed by atoms with Gasteiger partial charge in [-0.15, -0.1) is 15.3 Å². The fourth-order valence-electron chi connectivity index (χ4n) is 3.00. The van der Waals surface area contributed by atoms with E-state index in [4.69, 9.17) is 9.47 Å². The van der Waals surface area contributed by atoms with Crippen LogP contribution in [0.2, 0.25) is 0 Å². The van der Waals surface area contributed by atoms with Gasteiger partial charge in [0, 0.05) is 38.6 Å². The van der Waals surface area contributed by atoms with E-state index in [1.807, 2.05) is 18.2 Å². The van der Waals surface area contributed by atoms with E-state index in [2.05, 4.69) is 30.8 Å². The minimum Gasteiger partial charge on any atom is -0.470 e. The molecule has 0 radical (unpaired) electrons. The van der Waals surface area contributed by atoms with Gasteiger partial charge in [0.15, 0.2) is 5.69 Å². The molecule has 10 heteroatoms. The van der Waals surface area contributed by atoms with Crippen LogP contribution in [0.4, 0.5) is 0 Å². The van der Waals surface area contributed by atoms with E-state index in [1.165, 1.54) is 0 Å². The van der Waals surface area contributed by atoms with Gasteiger partial charge in [0.1, 0.15) is 18.0 Å². The van der Waals surface area contributed by atoms with Crippen molar-refractivity contribution in [1.82, 2.24) is 35.5 Å². The molecule has 0 atom stereocenters. The standard InChI is InChI=1S/C19H21N7O3/c1-26-16(18(24-25-26)14-4-2-3-9-20-14)12-29-17-6-5-15(22-23-17)19(27)21-13-7-10-28-11-8-13/h2-6,9,13H,7-8,10-12H2,1H3,(H,21,27). The molecule has 0 saturated carbocycles. The predicted molar refractivity (Wildman–Crippen MR) is 102 cm³/mol. The van der Waals surface area contributed by atoms with Crippen LogP contribution in [0.15, 0.2) is 36.5 Å². The lowest BCUT2D eigenvalue weighted by molar-refractivity contribution is 0.0693. The number of ether oxygens (including phenoxy) is 2. The van der Waals surface area contributed by atoms with E-state index in [1.54, 1.807) is 30.1 Å². The third-order valence-electron chi connectivity index (χ3n) is 4.64. The van der Waals surface area contributed by atoms with Gasteiger partial charge in [-0.2, -0.15) is 0 Å². The summed E-state index contributed by atoms with van der Waals surface area (Å²) in [7, 11) is 1.79. The van der Waals surface area contributed by atoms with E-state index in [9.17, 15) is 4.79 Å². The van der Waals surface area contributed by atoms with Crippen LogP contribution in [0.5, 0.6) is 5.88 Å². The summed E-state index contributed by atoms with van der Waals surface area (Å²) < 4.78 is 12.7. The van der Waals surface area contributed by atoms with Gasteiger partial charge in [0.25, 0.3) is 5.91 Å². The number of amides is 1. The number of hydrogen-bond donors (Lipinski definition) is 1. The third-order valence-corrected chi connectivity index (χ3v) is 4.64. The summed E-state index contributed by atoms with van der Waals surface area (Å²) in [4.78, 5) is 16.6. The molecule has 4 rings (SSSR count). The molecule has 29 heavy (non-hydrogen) atoms. The third kappa shape index (κ3) is 4.54. The van der Waals surface area contributed by atoms with Gasteiger partial charge in [-0.3, -0.25) is 9.78 Å². The number of nitrogens with one attached hydrogen (secondary N) is 1. The van der Waals surface area contributed by atoms with Crippen molar-refractivity contribution in [3.63, 3.8) is 0 Å². The molecular weight excluding hydrogens is 374 g/mol. The summed E-state index contributed by atoms with van der Waals surface area (Å²) in [6.07, 6.45) is 3.31. The monoisotopic (exact) mass is 395 g/mol. The van der Waals surface area contributed by atoms with E-state index in [-0.39, 0.29) is 24.2 Å². The molecule has 1 saturated heterocycles. The Bertz CT molecular complexity index is 954. The van der Waals surface area contributed by atoms with Crippen LogP contribution in [0.1, 0.15) is 29.0 Å². The molecule has 0 unspecified atom stereocenters. The number of carbonyl (C=O) groups is 1. The fraction of sp³-hybridized carbons (Fsp3) is 0.368. The van der Waals surface area contributed by atoms with Crippen LogP contribution in [0, 0.1) is 0 Å². The number of nitrogens with zero attached hydrogens (tertiary/aromatic N) is 6. The summed E-state index contributed by atoms with van der Waals surface area (Å²) >= 11 is 0. The van der Waals surface area contributed by atoms with Gasteiger partial charge in [-0.05, 0) is 31.0 Å². The van der Waals surface area contributed by atoms with Crippen molar-refractivity contribution in [2.75, 3.05) is 13.2 Å². The Hall–Kier alpha value is -3.40. The Morgan fingerprint density at radius 3 is 2.79 bits per heavy atom. The van der Waals surface area contributed by atoms with Crippen LogP contribution in [-0.2, 0) is 18.4 Å². The number of carbonyl (C=O) groups excluding carboxylic acids is 1. The van der Waals surface area contributed by atoms with E-state index in [0.717, 1.165) is 18.5 Å². The smallest absolute Gasteiger partial charge is 0.272 e. The molecule has 10 nitrogen and oxygen atoms in total. The highest BCUT2D eigenvalue weighted by molar-refractivity contribution is 5.92. The minimum absolute atomic E-state index is 0.108. The molecule has 1 aliphatic rings. The van der Waals surface area contributed by atoms with E-state index < -0.39 is 0 Å². The second-order valence-corrected chi connectivity index (χ2v) is 6.63. The first-order valence-corrected chi connectivity index (χ1v) is 9.36. The highest BCUT2D eigenvalue weighted by Crippen LogP contribution is 2.19. The minimum atomic E-state index is -0.246. The van der Waals surface area contributed by atoms with Gasteiger partial charge in [0.05, 0.1) is 5.69 Å². The normalized spacial score (nSPS) is 14.5. The number of aromatic nitrogens is 6. The summed E-state index contributed by atoms with van der Waals surface area (Å²) in [5.74, 6) is 0.0602. The van der Waals surface area contributed by atoms with Crippen molar-refractivity contribution in [3.05, 3.63) is 47.9 Å². The molecule has 3 aromatic heterocycles. The van der Waals surface area contributed by atoms with Crippen LogP contribution in [0.25, 0.3) is 11.4 Å². The summed E-state index contributed by atoms with van der Waals surface area (Å²) in [6.45, 7) is 1.51. The zero-order chi connectivity index (χ0) is 20.1. The summed E-state index contributed by atoms with van der Waals surface area (Å²) in [6, 6.07) is 8.91. The average Bonchev–Trinajstić information content (AvgIpc) is 3.14. The first-order valence-electron chi connectivity index (χ1n) is 9.36. The number of aryl methyl sites for hydroxylation is 1.